The standard InChI is InChI=1S/C23H22N3/c1-14-9-22(25(4)13-16(14)3)18-11-17-12-23-24-19-7-5-6-8-20(19)26(23)21(17)10-15(18)2/h5-11,13H,12H2,1-4H3/q+1. The normalized spacial score (nSPS) is 12.5. The van der Waals surface area contributed by atoms with E-state index in [2.05, 4.69) is 85.6 Å². The average molecular weight is 340 g/mol. The third kappa shape index (κ3) is 2.07. The predicted octanol–water partition coefficient (Wildman–Crippen LogP) is 4.35. The molecule has 0 bridgehead atoms. The van der Waals surface area contributed by atoms with Crippen LogP contribution in [0.25, 0.3) is 28.0 Å². The molecular weight excluding hydrogens is 318 g/mol. The highest BCUT2D eigenvalue weighted by molar-refractivity contribution is 5.81. The van der Waals surface area contributed by atoms with Gasteiger partial charge in [0.15, 0.2) is 6.20 Å². The minimum Gasteiger partial charge on any atom is -0.296 e. The van der Waals surface area contributed by atoms with E-state index >= 15 is 0 Å². The summed E-state index contributed by atoms with van der Waals surface area (Å²) in [6.45, 7) is 6.56. The smallest absolute Gasteiger partial charge is 0.212 e. The second-order valence-corrected chi connectivity index (χ2v) is 7.46. The van der Waals surface area contributed by atoms with Gasteiger partial charge < -0.3 is 0 Å². The van der Waals surface area contributed by atoms with Crippen LogP contribution in [0.3, 0.4) is 0 Å². The van der Waals surface area contributed by atoms with E-state index in [0.29, 0.717) is 0 Å². The van der Waals surface area contributed by atoms with Gasteiger partial charge in [-0.05, 0) is 61.7 Å². The van der Waals surface area contributed by atoms with Gasteiger partial charge in [0.05, 0.1) is 16.7 Å². The summed E-state index contributed by atoms with van der Waals surface area (Å²) in [4.78, 5) is 4.84. The summed E-state index contributed by atoms with van der Waals surface area (Å²) in [5.74, 6) is 1.14. The molecule has 0 saturated heterocycles. The van der Waals surface area contributed by atoms with Gasteiger partial charge in [-0.15, -0.1) is 0 Å². The Labute approximate surface area is 153 Å². The van der Waals surface area contributed by atoms with Gasteiger partial charge in [-0.2, -0.15) is 0 Å². The zero-order valence-corrected chi connectivity index (χ0v) is 15.7. The number of para-hydroxylation sites is 2. The first kappa shape index (κ1) is 15.3. The van der Waals surface area contributed by atoms with E-state index in [0.717, 1.165) is 17.8 Å². The molecule has 3 heterocycles. The van der Waals surface area contributed by atoms with E-state index in [-0.39, 0.29) is 0 Å². The third-order valence-electron chi connectivity index (χ3n) is 5.66. The third-order valence-corrected chi connectivity index (χ3v) is 5.66. The Morgan fingerprint density at radius 3 is 2.62 bits per heavy atom. The number of aryl methyl sites for hydroxylation is 4. The summed E-state index contributed by atoms with van der Waals surface area (Å²) in [5, 5.41) is 0. The van der Waals surface area contributed by atoms with Gasteiger partial charge in [-0.3, -0.25) is 4.57 Å². The van der Waals surface area contributed by atoms with Crippen molar-refractivity contribution >= 4 is 11.0 Å². The first-order chi connectivity index (χ1) is 12.5. The van der Waals surface area contributed by atoms with Crippen molar-refractivity contribution < 1.29 is 4.57 Å². The van der Waals surface area contributed by atoms with Crippen LogP contribution in [0.5, 0.6) is 0 Å². The van der Waals surface area contributed by atoms with Gasteiger partial charge in [0, 0.05) is 23.6 Å². The molecule has 3 heteroatoms. The number of rotatable bonds is 1. The number of nitrogens with zero attached hydrogens (tertiary/aromatic N) is 3. The number of hydrogen-bond donors (Lipinski definition) is 0. The number of fused-ring (bicyclic) bond motifs is 5. The van der Waals surface area contributed by atoms with E-state index in [4.69, 9.17) is 4.98 Å². The molecule has 0 saturated carbocycles. The monoisotopic (exact) mass is 340 g/mol. The molecule has 3 nitrogen and oxygen atoms in total. The van der Waals surface area contributed by atoms with Crippen molar-refractivity contribution in [3.05, 3.63) is 76.7 Å². The average Bonchev–Trinajstić information content (AvgIpc) is 3.13. The maximum absolute atomic E-state index is 4.84. The van der Waals surface area contributed by atoms with Crippen LogP contribution in [0, 0.1) is 20.8 Å². The Balaban J connectivity index is 1.72. The van der Waals surface area contributed by atoms with E-state index in [1.54, 1.807) is 0 Å². The topological polar surface area (TPSA) is 21.7 Å². The summed E-state index contributed by atoms with van der Waals surface area (Å²) in [7, 11) is 2.13. The maximum atomic E-state index is 4.84. The molecule has 0 radical (unpaired) electrons. The van der Waals surface area contributed by atoms with E-state index in [9.17, 15) is 0 Å². The van der Waals surface area contributed by atoms with Crippen LogP contribution in [-0.4, -0.2) is 9.55 Å². The molecule has 1 aliphatic heterocycles. The molecule has 2 aromatic heterocycles. The fourth-order valence-corrected chi connectivity index (χ4v) is 4.15. The first-order valence-electron chi connectivity index (χ1n) is 9.10. The Morgan fingerprint density at radius 1 is 0.962 bits per heavy atom. The first-order valence-corrected chi connectivity index (χ1v) is 9.10. The highest BCUT2D eigenvalue weighted by atomic mass is 15.1. The highest BCUT2D eigenvalue weighted by Gasteiger charge is 2.25. The lowest BCUT2D eigenvalue weighted by molar-refractivity contribution is -0.660. The van der Waals surface area contributed by atoms with Crippen molar-refractivity contribution in [1.82, 2.24) is 9.55 Å². The second kappa shape index (κ2) is 5.28. The molecule has 2 aromatic carbocycles. The molecule has 0 aliphatic carbocycles. The van der Waals surface area contributed by atoms with Crippen molar-refractivity contribution in [3.8, 4) is 16.9 Å². The molecular formula is C23H22N3+. The molecule has 128 valence electrons. The van der Waals surface area contributed by atoms with Crippen LogP contribution in [0.2, 0.25) is 0 Å². The Kier molecular flexibility index (Phi) is 3.11. The number of hydrogen-bond acceptors (Lipinski definition) is 1. The SMILES string of the molecule is Cc1cc(-c2cc3c(cc2C)-n2c(nc4ccccc42)C3)[n+](C)cc1C. The molecule has 0 spiro atoms. The van der Waals surface area contributed by atoms with Crippen LogP contribution in [-0.2, 0) is 13.5 Å². The maximum Gasteiger partial charge on any atom is 0.212 e. The Bertz CT molecular complexity index is 1200. The molecule has 1 aliphatic rings. The summed E-state index contributed by atoms with van der Waals surface area (Å²) >= 11 is 0. The summed E-state index contributed by atoms with van der Waals surface area (Å²) in [6.07, 6.45) is 3.11. The van der Waals surface area contributed by atoms with Crippen molar-refractivity contribution in [2.24, 2.45) is 7.05 Å². The molecule has 0 fully saturated rings. The molecule has 0 unspecified atom stereocenters. The van der Waals surface area contributed by atoms with Crippen LogP contribution in [0.1, 0.15) is 28.1 Å². The zero-order chi connectivity index (χ0) is 18.0. The van der Waals surface area contributed by atoms with Crippen LogP contribution >= 0.6 is 0 Å². The lowest BCUT2D eigenvalue weighted by atomic mass is 9.98. The zero-order valence-electron chi connectivity index (χ0n) is 15.7. The fourth-order valence-electron chi connectivity index (χ4n) is 4.15. The quantitative estimate of drug-likeness (QED) is 0.416. The summed E-state index contributed by atoms with van der Waals surface area (Å²) < 4.78 is 4.56. The van der Waals surface area contributed by atoms with Crippen molar-refractivity contribution in [2.45, 2.75) is 27.2 Å². The van der Waals surface area contributed by atoms with Crippen LogP contribution in [0.15, 0.2) is 48.7 Å². The van der Waals surface area contributed by atoms with Crippen molar-refractivity contribution in [2.75, 3.05) is 0 Å². The van der Waals surface area contributed by atoms with Gasteiger partial charge in [0.2, 0.25) is 5.69 Å². The molecule has 0 N–H and O–H groups in total. The van der Waals surface area contributed by atoms with Gasteiger partial charge in [0.25, 0.3) is 0 Å². The van der Waals surface area contributed by atoms with Crippen LogP contribution < -0.4 is 4.57 Å². The molecule has 5 rings (SSSR count). The second-order valence-electron chi connectivity index (χ2n) is 7.46. The van der Waals surface area contributed by atoms with E-state index in [1.165, 1.54) is 44.7 Å². The lowest BCUT2D eigenvalue weighted by Gasteiger charge is -2.11. The minimum atomic E-state index is 0.895. The number of benzene rings is 2. The van der Waals surface area contributed by atoms with E-state index in [1.807, 2.05) is 0 Å². The number of aromatic nitrogens is 3. The number of pyridine rings is 1. The van der Waals surface area contributed by atoms with Gasteiger partial charge in [-0.25, -0.2) is 9.55 Å². The minimum absolute atomic E-state index is 0.895. The van der Waals surface area contributed by atoms with Gasteiger partial charge in [-0.1, -0.05) is 12.1 Å². The molecule has 4 aromatic rings. The Morgan fingerprint density at radius 2 is 1.77 bits per heavy atom. The predicted molar refractivity (Wildman–Crippen MR) is 105 cm³/mol. The summed E-state index contributed by atoms with van der Waals surface area (Å²) in [6, 6.07) is 15.4. The highest BCUT2D eigenvalue weighted by Crippen LogP contribution is 2.36. The fraction of sp³-hybridized carbons (Fsp3) is 0.217. The van der Waals surface area contributed by atoms with Crippen LogP contribution in [0.4, 0.5) is 0 Å². The lowest BCUT2D eigenvalue weighted by Crippen LogP contribution is -2.31. The van der Waals surface area contributed by atoms with E-state index < -0.39 is 0 Å². The van der Waals surface area contributed by atoms with Gasteiger partial charge in [0.1, 0.15) is 12.9 Å². The molecule has 0 amide bonds. The van der Waals surface area contributed by atoms with Gasteiger partial charge >= 0.3 is 0 Å². The van der Waals surface area contributed by atoms with Crippen molar-refractivity contribution in [3.63, 3.8) is 0 Å². The van der Waals surface area contributed by atoms with Crippen molar-refractivity contribution in [1.29, 1.82) is 0 Å². The molecule has 0 atom stereocenters. The molecule has 26 heavy (non-hydrogen) atoms. The summed E-state index contributed by atoms with van der Waals surface area (Å²) in [5.41, 5.74) is 11.4. The Hall–Kier alpha value is -2.94. The number of imidazole rings is 1. The largest absolute Gasteiger partial charge is 0.296 e.